The predicted octanol–water partition coefficient (Wildman–Crippen LogP) is 4.40. The van der Waals surface area contributed by atoms with E-state index in [0.29, 0.717) is 0 Å². The van der Waals surface area contributed by atoms with Crippen molar-refractivity contribution in [3.63, 3.8) is 0 Å². The minimum Gasteiger partial charge on any atom is -0.324 e. The SMILES string of the molecule is Cc1ccnc(C[C@H](C)N(C)C(=O)Nc2ccc3sc(C)nc3c2)c1. The lowest BCUT2D eigenvalue weighted by Gasteiger charge is -2.25. The number of carbonyl (C=O) groups excluding carboxylic acids is 1. The molecule has 2 heterocycles. The maximum absolute atomic E-state index is 12.5. The molecule has 3 aromatic rings. The molecule has 2 amide bonds. The van der Waals surface area contributed by atoms with Gasteiger partial charge in [0.1, 0.15) is 0 Å². The Bertz CT molecular complexity index is 905. The fourth-order valence-electron chi connectivity index (χ4n) is 2.68. The van der Waals surface area contributed by atoms with Gasteiger partial charge in [-0.3, -0.25) is 4.98 Å². The summed E-state index contributed by atoms with van der Waals surface area (Å²) in [5, 5.41) is 3.98. The van der Waals surface area contributed by atoms with Gasteiger partial charge in [-0.2, -0.15) is 0 Å². The Kier molecular flexibility index (Phi) is 4.99. The second-order valence-electron chi connectivity index (χ2n) is 6.33. The number of nitrogens with zero attached hydrogens (tertiary/aromatic N) is 3. The van der Waals surface area contributed by atoms with E-state index in [-0.39, 0.29) is 12.1 Å². The first kappa shape index (κ1) is 17.4. The average Bonchev–Trinajstić information content (AvgIpc) is 2.93. The molecule has 0 aliphatic heterocycles. The number of anilines is 1. The van der Waals surface area contributed by atoms with Crippen LogP contribution in [0.5, 0.6) is 0 Å². The molecule has 0 spiro atoms. The highest BCUT2D eigenvalue weighted by Crippen LogP contribution is 2.24. The third-order valence-corrected chi connectivity index (χ3v) is 5.16. The number of fused-ring (bicyclic) bond motifs is 1. The van der Waals surface area contributed by atoms with Crippen LogP contribution in [0.4, 0.5) is 10.5 Å². The molecule has 0 bridgehead atoms. The lowest BCUT2D eigenvalue weighted by Crippen LogP contribution is -2.39. The van der Waals surface area contributed by atoms with Crippen LogP contribution in [0.15, 0.2) is 36.5 Å². The molecule has 2 aromatic heterocycles. The van der Waals surface area contributed by atoms with Crippen molar-refractivity contribution in [3.8, 4) is 0 Å². The number of hydrogen-bond donors (Lipinski definition) is 1. The largest absolute Gasteiger partial charge is 0.324 e. The van der Waals surface area contributed by atoms with Crippen LogP contribution in [0.25, 0.3) is 10.2 Å². The van der Waals surface area contributed by atoms with E-state index in [0.717, 1.165) is 33.0 Å². The summed E-state index contributed by atoms with van der Waals surface area (Å²) in [6.45, 7) is 6.05. The van der Waals surface area contributed by atoms with E-state index in [4.69, 9.17) is 0 Å². The summed E-state index contributed by atoms with van der Waals surface area (Å²) in [6, 6.07) is 9.76. The van der Waals surface area contributed by atoms with Gasteiger partial charge in [0.05, 0.1) is 15.2 Å². The van der Waals surface area contributed by atoms with E-state index in [1.807, 2.05) is 51.2 Å². The van der Waals surface area contributed by atoms with Gasteiger partial charge in [0, 0.05) is 37.1 Å². The maximum atomic E-state index is 12.5. The monoisotopic (exact) mass is 354 g/mol. The Morgan fingerprint density at radius 2 is 2.08 bits per heavy atom. The summed E-state index contributed by atoms with van der Waals surface area (Å²) in [6.07, 6.45) is 2.53. The molecular formula is C19H22N4OS. The molecule has 3 rings (SSSR count). The van der Waals surface area contributed by atoms with E-state index in [1.54, 1.807) is 23.3 Å². The number of carbonyl (C=O) groups is 1. The molecule has 0 aliphatic carbocycles. The highest BCUT2D eigenvalue weighted by atomic mass is 32.1. The number of likely N-dealkylation sites (N-methyl/N-ethyl adjacent to an activating group) is 1. The molecule has 130 valence electrons. The minimum atomic E-state index is -0.133. The molecule has 0 aliphatic rings. The van der Waals surface area contributed by atoms with Gasteiger partial charge in [-0.05, 0) is 56.7 Å². The summed E-state index contributed by atoms with van der Waals surface area (Å²) >= 11 is 1.65. The van der Waals surface area contributed by atoms with Crippen LogP contribution in [-0.4, -0.2) is 34.0 Å². The standard InChI is InChI=1S/C19H22N4OS/c1-12-7-8-20-16(9-12)10-13(2)23(4)19(24)22-15-5-6-18-17(11-15)21-14(3)25-18/h5-9,11,13H,10H2,1-4H3,(H,22,24)/t13-/m0/s1. The van der Waals surface area contributed by atoms with Crippen LogP contribution < -0.4 is 5.32 Å². The molecule has 0 saturated heterocycles. The number of urea groups is 1. The topological polar surface area (TPSA) is 58.1 Å². The second kappa shape index (κ2) is 7.19. The zero-order valence-electron chi connectivity index (χ0n) is 14.9. The zero-order valence-corrected chi connectivity index (χ0v) is 15.7. The van der Waals surface area contributed by atoms with Crippen LogP contribution in [0.1, 0.15) is 23.2 Å². The molecule has 1 aromatic carbocycles. The van der Waals surface area contributed by atoms with Gasteiger partial charge in [0.2, 0.25) is 0 Å². The highest BCUT2D eigenvalue weighted by molar-refractivity contribution is 7.18. The number of nitrogens with one attached hydrogen (secondary N) is 1. The Hall–Kier alpha value is -2.47. The van der Waals surface area contributed by atoms with E-state index >= 15 is 0 Å². The summed E-state index contributed by atoms with van der Waals surface area (Å²) in [5.41, 5.74) is 3.85. The van der Waals surface area contributed by atoms with E-state index in [9.17, 15) is 4.79 Å². The van der Waals surface area contributed by atoms with Crippen molar-refractivity contribution in [2.24, 2.45) is 0 Å². The first-order valence-corrected chi connectivity index (χ1v) is 9.06. The van der Waals surface area contributed by atoms with Crippen LogP contribution >= 0.6 is 11.3 Å². The molecule has 1 atom stereocenters. The van der Waals surface area contributed by atoms with Crippen molar-refractivity contribution in [1.29, 1.82) is 0 Å². The Morgan fingerprint density at radius 1 is 1.28 bits per heavy atom. The maximum Gasteiger partial charge on any atom is 0.321 e. The Balaban J connectivity index is 1.66. The molecule has 6 heteroatoms. The summed E-state index contributed by atoms with van der Waals surface area (Å²) in [7, 11) is 1.81. The van der Waals surface area contributed by atoms with Gasteiger partial charge in [0.15, 0.2) is 0 Å². The van der Waals surface area contributed by atoms with Crippen LogP contribution in [0.2, 0.25) is 0 Å². The number of thiazole rings is 1. The molecule has 5 nitrogen and oxygen atoms in total. The van der Waals surface area contributed by atoms with Gasteiger partial charge in [-0.1, -0.05) is 0 Å². The number of amides is 2. The quantitative estimate of drug-likeness (QED) is 0.755. The predicted molar refractivity (Wildman–Crippen MR) is 103 cm³/mol. The molecule has 1 N–H and O–H groups in total. The fraction of sp³-hybridized carbons (Fsp3) is 0.316. The van der Waals surface area contributed by atoms with Crippen LogP contribution in [-0.2, 0) is 6.42 Å². The van der Waals surface area contributed by atoms with E-state index in [1.165, 1.54) is 5.56 Å². The number of rotatable bonds is 4. The molecule has 0 radical (unpaired) electrons. The van der Waals surface area contributed by atoms with Crippen LogP contribution in [0.3, 0.4) is 0 Å². The summed E-state index contributed by atoms with van der Waals surface area (Å²) in [4.78, 5) is 23.1. The average molecular weight is 354 g/mol. The third kappa shape index (κ3) is 4.14. The van der Waals surface area contributed by atoms with Crippen molar-refractivity contribution in [2.45, 2.75) is 33.2 Å². The number of pyridine rings is 1. The Morgan fingerprint density at radius 3 is 2.84 bits per heavy atom. The first-order valence-electron chi connectivity index (χ1n) is 8.25. The lowest BCUT2D eigenvalue weighted by molar-refractivity contribution is 0.207. The molecule has 0 fully saturated rings. The van der Waals surface area contributed by atoms with Crippen LogP contribution in [0, 0.1) is 13.8 Å². The van der Waals surface area contributed by atoms with Gasteiger partial charge < -0.3 is 10.2 Å². The van der Waals surface area contributed by atoms with E-state index < -0.39 is 0 Å². The smallest absolute Gasteiger partial charge is 0.321 e. The molecule has 0 saturated carbocycles. The Labute approximate surface area is 151 Å². The third-order valence-electron chi connectivity index (χ3n) is 4.20. The zero-order chi connectivity index (χ0) is 18.0. The molecule has 25 heavy (non-hydrogen) atoms. The van der Waals surface area contributed by atoms with Crippen molar-refractivity contribution in [3.05, 3.63) is 52.8 Å². The molecular weight excluding hydrogens is 332 g/mol. The second-order valence-corrected chi connectivity index (χ2v) is 7.57. The lowest BCUT2D eigenvalue weighted by atomic mass is 10.1. The van der Waals surface area contributed by atoms with Crippen molar-refractivity contribution in [2.75, 3.05) is 12.4 Å². The number of benzene rings is 1. The van der Waals surface area contributed by atoms with Crippen molar-refractivity contribution in [1.82, 2.24) is 14.9 Å². The first-order chi connectivity index (χ1) is 11.9. The van der Waals surface area contributed by atoms with E-state index in [2.05, 4.69) is 21.4 Å². The van der Waals surface area contributed by atoms with Gasteiger partial charge in [0.25, 0.3) is 0 Å². The number of aromatic nitrogens is 2. The summed E-state index contributed by atoms with van der Waals surface area (Å²) in [5.74, 6) is 0. The van der Waals surface area contributed by atoms with Crippen molar-refractivity contribution < 1.29 is 4.79 Å². The van der Waals surface area contributed by atoms with Gasteiger partial charge in [-0.15, -0.1) is 11.3 Å². The number of hydrogen-bond acceptors (Lipinski definition) is 4. The van der Waals surface area contributed by atoms with Crippen molar-refractivity contribution >= 4 is 33.3 Å². The molecule has 0 unspecified atom stereocenters. The fourth-order valence-corrected chi connectivity index (χ4v) is 3.49. The van der Waals surface area contributed by atoms with Gasteiger partial charge in [-0.25, -0.2) is 9.78 Å². The summed E-state index contributed by atoms with van der Waals surface area (Å²) < 4.78 is 1.13. The number of aryl methyl sites for hydroxylation is 2. The normalized spacial score (nSPS) is 12.2. The minimum absolute atomic E-state index is 0.0412. The van der Waals surface area contributed by atoms with Gasteiger partial charge >= 0.3 is 6.03 Å². The highest BCUT2D eigenvalue weighted by Gasteiger charge is 2.17.